The van der Waals surface area contributed by atoms with Crippen LogP contribution >= 0.6 is 0 Å². The van der Waals surface area contributed by atoms with Crippen molar-refractivity contribution in [1.82, 2.24) is 0 Å². The molecule has 0 heterocycles. The first kappa shape index (κ1) is 23.0. The molecule has 4 nitrogen and oxygen atoms in total. The fraction of sp³-hybridized carbons (Fsp3) is 1.00. The SMILES string of the molecule is CC(C)CCCC[C@H]1C[C@@H](O)C2[C@]3(O)C[C@@H](O)C4C[C@@H](O)CC[C@]4(C)C3CC[C@@]21C. The Hall–Kier alpha value is -0.160. The zero-order valence-corrected chi connectivity index (χ0v) is 19.7. The fourth-order valence-corrected chi connectivity index (χ4v) is 8.99. The standard InChI is InChI=1S/C26H46O4/c1-16(2)7-5-6-8-17-13-20(28)23-24(17,3)12-10-22-25(4)11-9-18(27)14-19(25)21(29)15-26(22,23)30/h16-23,27-30H,5-15H2,1-4H3/t17-,18-,19?,20+,21+,22?,23?,24+,25-,26-/m0/s1. The topological polar surface area (TPSA) is 80.9 Å². The summed E-state index contributed by atoms with van der Waals surface area (Å²) >= 11 is 0. The first-order chi connectivity index (χ1) is 14.0. The van der Waals surface area contributed by atoms with Crippen LogP contribution in [-0.2, 0) is 0 Å². The summed E-state index contributed by atoms with van der Waals surface area (Å²) in [5, 5.41) is 44.8. The quantitative estimate of drug-likeness (QED) is 0.499. The predicted octanol–water partition coefficient (Wildman–Crippen LogP) is 4.28. The molecular weight excluding hydrogens is 376 g/mol. The van der Waals surface area contributed by atoms with Gasteiger partial charge in [0, 0.05) is 12.3 Å². The molecule has 0 saturated heterocycles. The van der Waals surface area contributed by atoms with E-state index >= 15 is 0 Å². The van der Waals surface area contributed by atoms with Crippen LogP contribution in [0.25, 0.3) is 0 Å². The minimum atomic E-state index is -0.994. The third-order valence-electron chi connectivity index (χ3n) is 10.4. The van der Waals surface area contributed by atoms with Crippen molar-refractivity contribution >= 4 is 0 Å². The second-order valence-electron chi connectivity index (χ2n) is 12.6. The molecule has 10 atom stereocenters. The maximum atomic E-state index is 12.2. The molecule has 4 rings (SSSR count). The van der Waals surface area contributed by atoms with Crippen LogP contribution in [-0.4, -0.2) is 44.3 Å². The Morgan fingerprint density at radius 1 is 0.900 bits per heavy atom. The molecule has 0 amide bonds. The van der Waals surface area contributed by atoms with Gasteiger partial charge in [-0.1, -0.05) is 47.0 Å². The number of hydrogen-bond donors (Lipinski definition) is 4. The maximum Gasteiger partial charge on any atom is 0.0763 e. The summed E-state index contributed by atoms with van der Waals surface area (Å²) < 4.78 is 0. The van der Waals surface area contributed by atoms with Gasteiger partial charge in [0.25, 0.3) is 0 Å². The molecule has 0 aliphatic heterocycles. The van der Waals surface area contributed by atoms with E-state index in [0.717, 1.165) is 44.4 Å². The van der Waals surface area contributed by atoms with E-state index in [1.165, 1.54) is 19.3 Å². The van der Waals surface area contributed by atoms with E-state index in [1.54, 1.807) is 0 Å². The first-order valence-electron chi connectivity index (χ1n) is 12.8. The lowest BCUT2D eigenvalue weighted by Gasteiger charge is -2.65. The maximum absolute atomic E-state index is 12.2. The average molecular weight is 423 g/mol. The Labute approximate surface area is 183 Å². The summed E-state index contributed by atoms with van der Waals surface area (Å²) in [5.41, 5.74) is -1.19. The third kappa shape index (κ3) is 3.49. The molecule has 4 aliphatic rings. The van der Waals surface area contributed by atoms with Crippen LogP contribution in [0.2, 0.25) is 0 Å². The molecule has 4 heteroatoms. The van der Waals surface area contributed by atoms with Crippen molar-refractivity contribution in [1.29, 1.82) is 0 Å². The highest BCUT2D eigenvalue weighted by atomic mass is 16.3. The highest BCUT2D eigenvalue weighted by molar-refractivity contribution is 5.19. The van der Waals surface area contributed by atoms with Gasteiger partial charge in [-0.3, -0.25) is 0 Å². The van der Waals surface area contributed by atoms with Crippen LogP contribution in [0.5, 0.6) is 0 Å². The van der Waals surface area contributed by atoms with E-state index < -0.39 is 17.8 Å². The zero-order valence-electron chi connectivity index (χ0n) is 19.7. The van der Waals surface area contributed by atoms with Crippen molar-refractivity contribution in [2.24, 2.45) is 40.4 Å². The molecule has 0 spiro atoms. The molecule has 4 fully saturated rings. The van der Waals surface area contributed by atoms with Crippen molar-refractivity contribution in [3.05, 3.63) is 0 Å². The Morgan fingerprint density at radius 2 is 1.60 bits per heavy atom. The highest BCUT2D eigenvalue weighted by Crippen LogP contribution is 2.69. The van der Waals surface area contributed by atoms with Gasteiger partial charge in [-0.05, 0) is 79.4 Å². The Balaban J connectivity index is 1.57. The number of aliphatic hydroxyl groups is 4. The Morgan fingerprint density at radius 3 is 2.30 bits per heavy atom. The molecule has 4 N–H and O–H groups in total. The number of rotatable bonds is 5. The van der Waals surface area contributed by atoms with Gasteiger partial charge in [0.2, 0.25) is 0 Å². The normalized spacial score (nSPS) is 53.3. The van der Waals surface area contributed by atoms with Crippen molar-refractivity contribution in [2.75, 3.05) is 0 Å². The van der Waals surface area contributed by atoms with Crippen LogP contribution in [0.3, 0.4) is 0 Å². The predicted molar refractivity (Wildman–Crippen MR) is 119 cm³/mol. The molecule has 4 aliphatic carbocycles. The number of fused-ring (bicyclic) bond motifs is 5. The average Bonchev–Trinajstić information content (AvgIpc) is 2.91. The largest absolute Gasteiger partial charge is 0.393 e. The van der Waals surface area contributed by atoms with Crippen LogP contribution in [0.15, 0.2) is 0 Å². The van der Waals surface area contributed by atoms with E-state index in [-0.39, 0.29) is 34.7 Å². The van der Waals surface area contributed by atoms with Crippen LogP contribution in [0.4, 0.5) is 0 Å². The summed E-state index contributed by atoms with van der Waals surface area (Å²) in [6, 6.07) is 0. The van der Waals surface area contributed by atoms with E-state index in [0.29, 0.717) is 18.8 Å². The monoisotopic (exact) mass is 422 g/mol. The number of aliphatic hydroxyl groups excluding tert-OH is 3. The summed E-state index contributed by atoms with van der Waals surface area (Å²) in [6.45, 7) is 9.12. The lowest BCUT2D eigenvalue weighted by atomic mass is 9.42. The van der Waals surface area contributed by atoms with Crippen molar-refractivity contribution in [3.63, 3.8) is 0 Å². The van der Waals surface area contributed by atoms with Crippen molar-refractivity contribution < 1.29 is 20.4 Å². The summed E-state index contributed by atoms with van der Waals surface area (Å²) in [7, 11) is 0. The van der Waals surface area contributed by atoms with E-state index in [1.807, 2.05) is 0 Å². The zero-order chi connectivity index (χ0) is 21.9. The van der Waals surface area contributed by atoms with Gasteiger partial charge in [-0.25, -0.2) is 0 Å². The van der Waals surface area contributed by atoms with Crippen LogP contribution < -0.4 is 0 Å². The van der Waals surface area contributed by atoms with Crippen molar-refractivity contribution in [2.45, 2.75) is 122 Å². The van der Waals surface area contributed by atoms with Gasteiger partial charge in [-0.2, -0.15) is 0 Å². The Kier molecular flexibility index (Phi) is 6.14. The smallest absolute Gasteiger partial charge is 0.0763 e. The van der Waals surface area contributed by atoms with E-state index in [2.05, 4.69) is 27.7 Å². The van der Waals surface area contributed by atoms with Crippen molar-refractivity contribution in [3.8, 4) is 0 Å². The van der Waals surface area contributed by atoms with Gasteiger partial charge in [0.05, 0.1) is 23.9 Å². The van der Waals surface area contributed by atoms with Gasteiger partial charge in [-0.15, -0.1) is 0 Å². The van der Waals surface area contributed by atoms with Crippen LogP contribution in [0.1, 0.15) is 98.3 Å². The molecule has 0 radical (unpaired) electrons. The number of hydrogen-bond acceptors (Lipinski definition) is 4. The molecule has 0 bridgehead atoms. The number of unbranched alkanes of at least 4 members (excludes halogenated alkanes) is 1. The fourth-order valence-electron chi connectivity index (χ4n) is 8.99. The minimum absolute atomic E-state index is 0.0421. The summed E-state index contributed by atoms with van der Waals surface area (Å²) in [4.78, 5) is 0. The second kappa shape index (κ2) is 8.01. The molecule has 0 aromatic carbocycles. The first-order valence-corrected chi connectivity index (χ1v) is 12.8. The summed E-state index contributed by atoms with van der Waals surface area (Å²) in [5.74, 6) is 1.23. The van der Waals surface area contributed by atoms with E-state index in [4.69, 9.17) is 0 Å². The molecule has 4 saturated carbocycles. The molecule has 0 aromatic heterocycles. The van der Waals surface area contributed by atoms with Gasteiger partial charge < -0.3 is 20.4 Å². The molecule has 174 valence electrons. The molecule has 0 aromatic rings. The Bertz CT molecular complexity index is 622. The lowest BCUT2D eigenvalue weighted by Crippen LogP contribution is -2.68. The third-order valence-corrected chi connectivity index (χ3v) is 10.4. The van der Waals surface area contributed by atoms with Gasteiger partial charge >= 0.3 is 0 Å². The van der Waals surface area contributed by atoms with E-state index in [9.17, 15) is 20.4 Å². The lowest BCUT2D eigenvalue weighted by molar-refractivity contribution is -0.262. The molecule has 30 heavy (non-hydrogen) atoms. The second-order valence-corrected chi connectivity index (χ2v) is 12.6. The minimum Gasteiger partial charge on any atom is -0.393 e. The van der Waals surface area contributed by atoms with Crippen LogP contribution in [0, 0.1) is 40.4 Å². The molecular formula is C26H46O4. The van der Waals surface area contributed by atoms with Gasteiger partial charge in [0.1, 0.15) is 0 Å². The molecule has 3 unspecified atom stereocenters. The summed E-state index contributed by atoms with van der Waals surface area (Å²) in [6.07, 6.45) is 8.95. The highest BCUT2D eigenvalue weighted by Gasteiger charge is 2.70. The van der Waals surface area contributed by atoms with Gasteiger partial charge in [0.15, 0.2) is 0 Å².